The number of aromatic nitrogens is 4. The fourth-order valence-electron chi connectivity index (χ4n) is 3.54. The van der Waals surface area contributed by atoms with Crippen LogP contribution in [0.15, 0.2) is 29.4 Å². The van der Waals surface area contributed by atoms with Crippen molar-refractivity contribution >= 4 is 35.0 Å². The number of carbonyl (C=O) groups is 1. The second kappa shape index (κ2) is 7.48. The number of nitrogens with one attached hydrogen (secondary N) is 1. The first-order valence-corrected chi connectivity index (χ1v) is 10.3. The third-order valence-corrected chi connectivity index (χ3v) is 6.29. The van der Waals surface area contributed by atoms with Crippen LogP contribution in [0.25, 0.3) is 5.78 Å². The molecule has 3 aromatic rings. The van der Waals surface area contributed by atoms with Gasteiger partial charge >= 0.3 is 0 Å². The lowest BCUT2D eigenvalue weighted by atomic mass is 10.0. The first-order chi connectivity index (χ1) is 13.0. The summed E-state index contributed by atoms with van der Waals surface area (Å²) < 4.78 is 1.72. The molecule has 1 atom stereocenters. The number of carbonyl (C=O) groups excluding carboxylic acids is 1. The first-order valence-electron chi connectivity index (χ1n) is 8.90. The van der Waals surface area contributed by atoms with Crippen LogP contribution in [0.1, 0.15) is 41.4 Å². The SMILES string of the molecule is Cc1nc2ncnn2c(C)c1CCC(=O)NC1CCSc2ccc(Cl)cc21. The molecule has 0 spiro atoms. The summed E-state index contributed by atoms with van der Waals surface area (Å²) in [7, 11) is 0. The maximum absolute atomic E-state index is 12.6. The van der Waals surface area contributed by atoms with Gasteiger partial charge < -0.3 is 5.32 Å². The average Bonchev–Trinajstić information content (AvgIpc) is 3.10. The Morgan fingerprint density at radius 3 is 3.11 bits per heavy atom. The predicted octanol–water partition coefficient (Wildman–Crippen LogP) is 3.68. The van der Waals surface area contributed by atoms with Crippen molar-refractivity contribution < 1.29 is 4.79 Å². The van der Waals surface area contributed by atoms with Crippen molar-refractivity contribution in [1.82, 2.24) is 24.9 Å². The van der Waals surface area contributed by atoms with E-state index in [1.54, 1.807) is 4.52 Å². The maximum atomic E-state index is 12.6. The molecule has 3 heterocycles. The highest BCUT2D eigenvalue weighted by molar-refractivity contribution is 7.99. The Balaban J connectivity index is 1.46. The lowest BCUT2D eigenvalue weighted by Gasteiger charge is -2.26. The van der Waals surface area contributed by atoms with Gasteiger partial charge in [-0.2, -0.15) is 10.1 Å². The summed E-state index contributed by atoms with van der Waals surface area (Å²) in [5.74, 6) is 1.62. The average molecular weight is 402 g/mol. The van der Waals surface area contributed by atoms with Gasteiger partial charge in [-0.3, -0.25) is 4.79 Å². The van der Waals surface area contributed by atoms with Gasteiger partial charge in [0, 0.05) is 33.5 Å². The second-order valence-corrected chi connectivity index (χ2v) is 8.25. The van der Waals surface area contributed by atoms with E-state index in [1.165, 1.54) is 11.2 Å². The van der Waals surface area contributed by atoms with E-state index >= 15 is 0 Å². The monoisotopic (exact) mass is 401 g/mol. The van der Waals surface area contributed by atoms with Crippen LogP contribution in [0.4, 0.5) is 0 Å². The van der Waals surface area contributed by atoms with E-state index in [-0.39, 0.29) is 11.9 Å². The molecular formula is C19H20ClN5OS. The van der Waals surface area contributed by atoms with Gasteiger partial charge in [0.1, 0.15) is 6.33 Å². The van der Waals surface area contributed by atoms with Crippen LogP contribution in [-0.2, 0) is 11.2 Å². The third kappa shape index (κ3) is 3.66. The fraction of sp³-hybridized carbons (Fsp3) is 0.368. The highest BCUT2D eigenvalue weighted by Gasteiger charge is 2.23. The van der Waals surface area contributed by atoms with Crippen molar-refractivity contribution in [2.45, 2.75) is 44.0 Å². The summed E-state index contributed by atoms with van der Waals surface area (Å²) in [6.07, 6.45) is 3.43. The Labute approximate surface area is 166 Å². The Morgan fingerprint density at radius 1 is 1.41 bits per heavy atom. The molecule has 27 heavy (non-hydrogen) atoms. The van der Waals surface area contributed by atoms with Crippen LogP contribution in [-0.4, -0.2) is 31.2 Å². The number of aryl methyl sites for hydroxylation is 2. The molecule has 1 N–H and O–H groups in total. The molecule has 140 valence electrons. The Morgan fingerprint density at radius 2 is 2.26 bits per heavy atom. The molecule has 0 fully saturated rings. The minimum atomic E-state index is 0.0190. The largest absolute Gasteiger partial charge is 0.349 e. The van der Waals surface area contributed by atoms with E-state index in [9.17, 15) is 4.79 Å². The van der Waals surface area contributed by atoms with E-state index in [0.29, 0.717) is 23.6 Å². The molecule has 0 bridgehead atoms. The number of benzene rings is 1. The minimum absolute atomic E-state index is 0.0190. The Bertz CT molecular complexity index is 1020. The van der Waals surface area contributed by atoms with Crippen LogP contribution in [0.5, 0.6) is 0 Å². The summed E-state index contributed by atoms with van der Waals surface area (Å²) in [5, 5.41) is 8.08. The standard InChI is InChI=1S/C19H20ClN5OS/c1-11-14(12(2)25-19(23-11)21-10-22-25)4-6-18(26)24-16-7-8-27-17-5-3-13(20)9-15(16)17/h3,5,9-10,16H,4,6-8H2,1-2H3,(H,24,26). The van der Waals surface area contributed by atoms with Crippen LogP contribution < -0.4 is 5.32 Å². The number of fused-ring (bicyclic) bond motifs is 2. The number of halogens is 1. The van der Waals surface area contributed by atoms with Crippen molar-refractivity contribution in [2.24, 2.45) is 0 Å². The molecule has 6 nitrogen and oxygen atoms in total. The summed E-state index contributed by atoms with van der Waals surface area (Å²) in [5.41, 5.74) is 4.04. The summed E-state index contributed by atoms with van der Waals surface area (Å²) in [4.78, 5) is 22.4. The molecule has 1 unspecified atom stereocenters. The van der Waals surface area contributed by atoms with Crippen molar-refractivity contribution in [3.8, 4) is 0 Å². The molecule has 8 heteroatoms. The maximum Gasteiger partial charge on any atom is 0.252 e. The molecule has 1 amide bonds. The van der Waals surface area contributed by atoms with Crippen LogP contribution in [0.3, 0.4) is 0 Å². The summed E-state index contributed by atoms with van der Waals surface area (Å²) >= 11 is 7.96. The summed E-state index contributed by atoms with van der Waals surface area (Å²) in [6, 6.07) is 5.92. The van der Waals surface area contributed by atoms with Gasteiger partial charge in [-0.05, 0) is 56.0 Å². The van der Waals surface area contributed by atoms with E-state index in [4.69, 9.17) is 11.6 Å². The number of amides is 1. The van der Waals surface area contributed by atoms with E-state index in [1.807, 2.05) is 43.8 Å². The van der Waals surface area contributed by atoms with Gasteiger partial charge in [0.25, 0.3) is 5.78 Å². The quantitative estimate of drug-likeness (QED) is 0.721. The van der Waals surface area contributed by atoms with Crippen LogP contribution in [0.2, 0.25) is 5.02 Å². The number of hydrogen-bond acceptors (Lipinski definition) is 5. The number of hydrogen-bond donors (Lipinski definition) is 1. The van der Waals surface area contributed by atoms with Crippen molar-refractivity contribution in [3.05, 3.63) is 52.1 Å². The smallest absolute Gasteiger partial charge is 0.252 e. The van der Waals surface area contributed by atoms with Crippen LogP contribution >= 0.6 is 23.4 Å². The highest BCUT2D eigenvalue weighted by Crippen LogP contribution is 2.37. The first kappa shape index (κ1) is 18.3. The molecule has 4 rings (SSSR count). The van der Waals surface area contributed by atoms with Gasteiger partial charge in [0.2, 0.25) is 5.91 Å². The number of nitrogens with zero attached hydrogens (tertiary/aromatic N) is 4. The topological polar surface area (TPSA) is 72.2 Å². The van der Waals surface area contributed by atoms with Gasteiger partial charge in [-0.1, -0.05) is 11.6 Å². The molecule has 0 aliphatic carbocycles. The molecule has 2 aromatic heterocycles. The second-order valence-electron chi connectivity index (χ2n) is 6.67. The minimum Gasteiger partial charge on any atom is -0.349 e. The summed E-state index contributed by atoms with van der Waals surface area (Å²) in [6.45, 7) is 3.94. The molecule has 0 radical (unpaired) electrons. The zero-order valence-corrected chi connectivity index (χ0v) is 16.8. The lowest BCUT2D eigenvalue weighted by molar-refractivity contribution is -0.121. The Hall–Kier alpha value is -2.12. The van der Waals surface area contributed by atoms with Gasteiger partial charge in [0.15, 0.2) is 0 Å². The lowest BCUT2D eigenvalue weighted by Crippen LogP contribution is -2.31. The highest BCUT2D eigenvalue weighted by atomic mass is 35.5. The normalized spacial score (nSPS) is 16.3. The van der Waals surface area contributed by atoms with E-state index in [0.717, 1.165) is 34.7 Å². The predicted molar refractivity (Wildman–Crippen MR) is 106 cm³/mol. The van der Waals surface area contributed by atoms with E-state index in [2.05, 4.69) is 20.4 Å². The third-order valence-electron chi connectivity index (χ3n) is 4.94. The molecule has 0 saturated carbocycles. The van der Waals surface area contributed by atoms with Gasteiger partial charge in [-0.15, -0.1) is 11.8 Å². The molecule has 0 saturated heterocycles. The zero-order valence-electron chi connectivity index (χ0n) is 15.2. The zero-order chi connectivity index (χ0) is 19.0. The molecular weight excluding hydrogens is 382 g/mol. The number of thioether (sulfide) groups is 1. The molecule has 1 aromatic carbocycles. The van der Waals surface area contributed by atoms with Gasteiger partial charge in [0.05, 0.1) is 6.04 Å². The molecule has 1 aliphatic rings. The fourth-order valence-corrected chi connectivity index (χ4v) is 4.82. The molecule has 1 aliphatic heterocycles. The van der Waals surface area contributed by atoms with Gasteiger partial charge in [-0.25, -0.2) is 9.50 Å². The van der Waals surface area contributed by atoms with Crippen LogP contribution in [0, 0.1) is 13.8 Å². The van der Waals surface area contributed by atoms with Crippen molar-refractivity contribution in [1.29, 1.82) is 0 Å². The Kier molecular flexibility index (Phi) is 5.06. The van der Waals surface area contributed by atoms with E-state index < -0.39 is 0 Å². The van der Waals surface area contributed by atoms with Crippen molar-refractivity contribution in [2.75, 3.05) is 5.75 Å². The number of rotatable bonds is 4. The van der Waals surface area contributed by atoms with Crippen molar-refractivity contribution in [3.63, 3.8) is 0 Å².